The lowest BCUT2D eigenvalue weighted by Crippen LogP contribution is -2.24. The largest absolute Gasteiger partial charge is 0.352 e. The Bertz CT molecular complexity index is 1110. The Labute approximate surface area is 172 Å². The van der Waals surface area contributed by atoms with Crippen LogP contribution in [0.2, 0.25) is 0 Å². The predicted molar refractivity (Wildman–Crippen MR) is 115 cm³/mol. The molecule has 0 spiro atoms. The summed E-state index contributed by atoms with van der Waals surface area (Å²) >= 11 is 1.21. The van der Waals surface area contributed by atoms with Gasteiger partial charge in [-0.25, -0.2) is 4.98 Å². The molecule has 0 bridgehead atoms. The number of carbonyl (C=O) groups excluding carboxylic acids is 2. The number of amides is 2. The number of fused-ring (bicyclic) bond motifs is 1. The first-order valence-corrected chi connectivity index (χ1v) is 10.3. The first kappa shape index (κ1) is 20.6. The number of hydrogen-bond acceptors (Lipinski definition) is 5. The third-order valence-corrected chi connectivity index (χ3v) is 5.20. The van der Waals surface area contributed by atoms with Crippen LogP contribution in [-0.2, 0) is 11.3 Å². The average Bonchev–Trinajstić information content (AvgIpc) is 2.73. The van der Waals surface area contributed by atoms with Crippen molar-refractivity contribution in [3.63, 3.8) is 0 Å². The summed E-state index contributed by atoms with van der Waals surface area (Å²) in [6.45, 7) is 4.71. The molecular formula is C21H22N4O3S. The first-order valence-electron chi connectivity index (χ1n) is 9.34. The fraction of sp³-hybridized carbons (Fsp3) is 0.238. The molecular weight excluding hydrogens is 388 g/mol. The number of benzene rings is 2. The molecule has 0 aliphatic rings. The summed E-state index contributed by atoms with van der Waals surface area (Å²) in [5.74, 6) is -0.339. The molecule has 7 nitrogen and oxygen atoms in total. The summed E-state index contributed by atoms with van der Waals surface area (Å²) in [6.07, 6.45) is 0. The monoisotopic (exact) mass is 410 g/mol. The Balaban J connectivity index is 1.72. The lowest BCUT2D eigenvalue weighted by molar-refractivity contribution is -0.113. The summed E-state index contributed by atoms with van der Waals surface area (Å²) in [6, 6.07) is 13.9. The second-order valence-electron chi connectivity index (χ2n) is 6.24. The van der Waals surface area contributed by atoms with E-state index in [1.54, 1.807) is 47.0 Å². The van der Waals surface area contributed by atoms with E-state index in [2.05, 4.69) is 15.6 Å². The number of hydrogen-bond donors (Lipinski definition) is 2. The zero-order valence-electron chi connectivity index (χ0n) is 16.3. The quantitative estimate of drug-likeness (QED) is 0.461. The molecule has 8 heteroatoms. The first-order chi connectivity index (χ1) is 14.0. The summed E-state index contributed by atoms with van der Waals surface area (Å²) in [7, 11) is 0. The maximum absolute atomic E-state index is 12.6. The molecule has 0 aliphatic heterocycles. The standard InChI is InChI=1S/C21H22N4O3S/c1-3-22-19(27)14-8-7-9-15(12-14)23-18(26)13-29-21-24-17-11-6-5-10-16(17)20(28)25(21)4-2/h5-12H,3-4,13H2,1-2H3,(H,22,27)(H,23,26). The van der Waals surface area contributed by atoms with Crippen molar-refractivity contribution in [3.05, 3.63) is 64.4 Å². The number of rotatable bonds is 7. The minimum Gasteiger partial charge on any atom is -0.352 e. The third-order valence-electron chi connectivity index (χ3n) is 4.22. The van der Waals surface area contributed by atoms with Crippen LogP contribution in [0.5, 0.6) is 0 Å². The molecule has 2 N–H and O–H groups in total. The van der Waals surface area contributed by atoms with E-state index in [1.165, 1.54) is 11.8 Å². The van der Waals surface area contributed by atoms with E-state index in [0.717, 1.165) is 0 Å². The van der Waals surface area contributed by atoms with Gasteiger partial charge in [0.25, 0.3) is 11.5 Å². The molecule has 0 unspecified atom stereocenters. The maximum atomic E-state index is 12.6. The van der Waals surface area contributed by atoms with Gasteiger partial charge in [0.15, 0.2) is 5.16 Å². The average molecular weight is 410 g/mol. The van der Waals surface area contributed by atoms with Crippen molar-refractivity contribution in [2.24, 2.45) is 0 Å². The number of carbonyl (C=O) groups is 2. The van der Waals surface area contributed by atoms with E-state index in [4.69, 9.17) is 0 Å². The van der Waals surface area contributed by atoms with Crippen LogP contribution in [0, 0.1) is 0 Å². The van der Waals surface area contributed by atoms with Crippen molar-refractivity contribution < 1.29 is 9.59 Å². The summed E-state index contributed by atoms with van der Waals surface area (Å²) in [5.41, 5.74) is 1.52. The number of aromatic nitrogens is 2. The van der Waals surface area contributed by atoms with Crippen LogP contribution in [0.3, 0.4) is 0 Å². The van der Waals surface area contributed by atoms with Crippen LogP contribution in [-0.4, -0.2) is 33.7 Å². The van der Waals surface area contributed by atoms with E-state index in [0.29, 0.717) is 40.4 Å². The molecule has 1 heterocycles. The highest BCUT2D eigenvalue weighted by Crippen LogP contribution is 2.18. The van der Waals surface area contributed by atoms with E-state index in [9.17, 15) is 14.4 Å². The molecule has 29 heavy (non-hydrogen) atoms. The molecule has 2 amide bonds. The smallest absolute Gasteiger partial charge is 0.262 e. The van der Waals surface area contributed by atoms with E-state index in [1.807, 2.05) is 19.9 Å². The summed E-state index contributed by atoms with van der Waals surface area (Å²) in [5, 5.41) is 6.57. The number of nitrogens with zero attached hydrogens (tertiary/aromatic N) is 2. The van der Waals surface area contributed by atoms with Gasteiger partial charge in [0.05, 0.1) is 16.7 Å². The van der Waals surface area contributed by atoms with Crippen LogP contribution in [0.1, 0.15) is 24.2 Å². The van der Waals surface area contributed by atoms with Gasteiger partial charge in [-0.3, -0.25) is 19.0 Å². The van der Waals surface area contributed by atoms with E-state index in [-0.39, 0.29) is 23.1 Å². The van der Waals surface area contributed by atoms with Crippen molar-refractivity contribution in [2.45, 2.75) is 25.5 Å². The van der Waals surface area contributed by atoms with Crippen molar-refractivity contribution in [2.75, 3.05) is 17.6 Å². The minimum atomic E-state index is -0.242. The molecule has 2 aromatic carbocycles. The van der Waals surface area contributed by atoms with Crippen molar-refractivity contribution in [1.29, 1.82) is 0 Å². The normalized spacial score (nSPS) is 10.7. The van der Waals surface area contributed by atoms with Gasteiger partial charge in [-0.15, -0.1) is 0 Å². The Morgan fingerprint density at radius 2 is 1.90 bits per heavy atom. The lowest BCUT2D eigenvalue weighted by Gasteiger charge is -2.11. The zero-order chi connectivity index (χ0) is 20.8. The molecule has 0 fully saturated rings. The van der Waals surface area contributed by atoms with Crippen molar-refractivity contribution >= 4 is 40.2 Å². The van der Waals surface area contributed by atoms with E-state index < -0.39 is 0 Å². The second kappa shape index (κ2) is 9.38. The topological polar surface area (TPSA) is 93.1 Å². The Kier molecular flexibility index (Phi) is 6.66. The number of anilines is 1. The Morgan fingerprint density at radius 1 is 1.10 bits per heavy atom. The molecule has 0 saturated carbocycles. The molecule has 0 aliphatic carbocycles. The van der Waals surface area contributed by atoms with Gasteiger partial charge >= 0.3 is 0 Å². The van der Waals surface area contributed by atoms with E-state index >= 15 is 0 Å². The van der Waals surface area contributed by atoms with Gasteiger partial charge in [-0.05, 0) is 44.2 Å². The SMILES string of the molecule is CCNC(=O)c1cccc(NC(=O)CSc2nc3ccccc3c(=O)n2CC)c1. The van der Waals surface area contributed by atoms with Crippen LogP contribution >= 0.6 is 11.8 Å². The Hall–Kier alpha value is -3.13. The van der Waals surface area contributed by atoms with Crippen LogP contribution in [0.25, 0.3) is 10.9 Å². The van der Waals surface area contributed by atoms with Gasteiger partial charge in [-0.1, -0.05) is 30.0 Å². The molecule has 0 radical (unpaired) electrons. The highest BCUT2D eigenvalue weighted by atomic mass is 32.2. The van der Waals surface area contributed by atoms with Gasteiger partial charge in [0, 0.05) is 24.3 Å². The van der Waals surface area contributed by atoms with Gasteiger partial charge < -0.3 is 10.6 Å². The molecule has 3 aromatic rings. The highest BCUT2D eigenvalue weighted by molar-refractivity contribution is 7.99. The molecule has 0 saturated heterocycles. The fourth-order valence-electron chi connectivity index (χ4n) is 2.86. The fourth-order valence-corrected chi connectivity index (χ4v) is 3.73. The number of thioether (sulfide) groups is 1. The van der Waals surface area contributed by atoms with Gasteiger partial charge in [0.2, 0.25) is 5.91 Å². The van der Waals surface area contributed by atoms with Crippen LogP contribution in [0.15, 0.2) is 58.5 Å². The summed E-state index contributed by atoms with van der Waals surface area (Å²) < 4.78 is 1.57. The number of nitrogens with one attached hydrogen (secondary N) is 2. The maximum Gasteiger partial charge on any atom is 0.262 e. The third kappa shape index (κ3) is 4.83. The van der Waals surface area contributed by atoms with Crippen molar-refractivity contribution in [3.8, 4) is 0 Å². The highest BCUT2D eigenvalue weighted by Gasteiger charge is 2.13. The predicted octanol–water partition coefficient (Wildman–Crippen LogP) is 2.90. The lowest BCUT2D eigenvalue weighted by atomic mass is 10.2. The zero-order valence-corrected chi connectivity index (χ0v) is 17.1. The molecule has 150 valence electrons. The molecule has 1 aromatic heterocycles. The van der Waals surface area contributed by atoms with Gasteiger partial charge in [0.1, 0.15) is 0 Å². The second-order valence-corrected chi connectivity index (χ2v) is 7.18. The Morgan fingerprint density at radius 3 is 2.66 bits per heavy atom. The molecule has 0 atom stereocenters. The van der Waals surface area contributed by atoms with Gasteiger partial charge in [-0.2, -0.15) is 0 Å². The van der Waals surface area contributed by atoms with Crippen LogP contribution < -0.4 is 16.2 Å². The molecule has 3 rings (SSSR count). The van der Waals surface area contributed by atoms with Crippen LogP contribution in [0.4, 0.5) is 5.69 Å². The summed E-state index contributed by atoms with van der Waals surface area (Å²) in [4.78, 5) is 41.5. The van der Waals surface area contributed by atoms with Crippen molar-refractivity contribution in [1.82, 2.24) is 14.9 Å². The number of para-hydroxylation sites is 1. The minimum absolute atomic E-state index is 0.0934.